The quantitative estimate of drug-likeness (QED) is 0.861. The van der Waals surface area contributed by atoms with E-state index < -0.39 is 6.10 Å². The molecule has 1 atom stereocenters. The lowest BCUT2D eigenvalue weighted by molar-refractivity contribution is 0.0649. The van der Waals surface area contributed by atoms with Crippen molar-refractivity contribution in [3.63, 3.8) is 0 Å². The predicted octanol–water partition coefficient (Wildman–Crippen LogP) is 4.35. The molecule has 1 unspecified atom stereocenters. The molecule has 2 rings (SSSR count). The predicted molar refractivity (Wildman–Crippen MR) is 86.6 cm³/mol. The van der Waals surface area contributed by atoms with Crippen LogP contribution in [0, 0.1) is 0 Å². The summed E-state index contributed by atoms with van der Waals surface area (Å²) in [7, 11) is 0. The number of benzene rings is 1. The van der Waals surface area contributed by atoms with Crippen LogP contribution in [-0.2, 0) is 12.0 Å². The summed E-state index contributed by atoms with van der Waals surface area (Å²) in [5.41, 5.74) is 1.51. The van der Waals surface area contributed by atoms with Gasteiger partial charge in [-0.05, 0) is 25.3 Å². The smallest absolute Gasteiger partial charge is 0.107 e. The van der Waals surface area contributed by atoms with Gasteiger partial charge in [0.15, 0.2) is 0 Å². The number of aryl methyl sites for hydroxylation is 1. The lowest BCUT2D eigenvalue weighted by Crippen LogP contribution is -2.34. The lowest BCUT2D eigenvalue weighted by atomic mass is 9.70. The third-order valence-corrected chi connectivity index (χ3v) is 4.82. The van der Waals surface area contributed by atoms with E-state index >= 15 is 0 Å². The zero-order valence-corrected chi connectivity index (χ0v) is 13.6. The minimum atomic E-state index is -0.676. The van der Waals surface area contributed by atoms with Crippen molar-refractivity contribution in [3.8, 4) is 0 Å². The summed E-state index contributed by atoms with van der Waals surface area (Å²) >= 11 is 6.28. The van der Waals surface area contributed by atoms with Crippen LogP contribution < -0.4 is 0 Å². The number of rotatable bonds is 6. The minimum absolute atomic E-state index is 0.349. The Balaban J connectivity index is 2.54. The Hall–Kier alpha value is -1.32. The monoisotopic (exact) mass is 306 g/mol. The van der Waals surface area contributed by atoms with E-state index in [9.17, 15) is 5.11 Å². The summed E-state index contributed by atoms with van der Waals surface area (Å²) in [5.74, 6) is 0. The number of nitrogens with zero attached hydrogens (tertiary/aromatic N) is 2. The van der Waals surface area contributed by atoms with Crippen molar-refractivity contribution in [3.05, 3.63) is 52.8 Å². The van der Waals surface area contributed by atoms with Gasteiger partial charge in [-0.15, -0.1) is 0 Å². The average molecular weight is 307 g/mol. The van der Waals surface area contributed by atoms with Crippen LogP contribution in [0.25, 0.3) is 0 Å². The Labute approximate surface area is 131 Å². The molecule has 0 spiro atoms. The summed E-state index contributed by atoms with van der Waals surface area (Å²) in [6.07, 6.45) is 2.61. The van der Waals surface area contributed by atoms with E-state index in [4.69, 9.17) is 11.6 Å². The van der Waals surface area contributed by atoms with Crippen LogP contribution in [-0.4, -0.2) is 14.9 Å². The van der Waals surface area contributed by atoms with Gasteiger partial charge in [-0.25, -0.2) is 0 Å². The standard InChI is InChI=1S/C17H23ClN2O/c1-4-17(5-2,13-10-8-7-9-11-13)16(21)15-14(18)12-19-20(15)6-3/h7-12,16,21H,4-6H2,1-3H3. The number of aliphatic hydroxyl groups is 1. The highest BCUT2D eigenvalue weighted by atomic mass is 35.5. The van der Waals surface area contributed by atoms with Crippen molar-refractivity contribution in [1.29, 1.82) is 0 Å². The Morgan fingerprint density at radius 1 is 1.19 bits per heavy atom. The van der Waals surface area contributed by atoms with Crippen LogP contribution in [0.1, 0.15) is 51.0 Å². The van der Waals surface area contributed by atoms with Crippen molar-refractivity contribution in [2.24, 2.45) is 0 Å². The maximum Gasteiger partial charge on any atom is 0.107 e. The Morgan fingerprint density at radius 2 is 1.81 bits per heavy atom. The van der Waals surface area contributed by atoms with Crippen molar-refractivity contribution < 1.29 is 5.11 Å². The van der Waals surface area contributed by atoms with Gasteiger partial charge in [-0.2, -0.15) is 5.10 Å². The highest BCUT2D eigenvalue weighted by Gasteiger charge is 2.40. The van der Waals surface area contributed by atoms with Crippen LogP contribution in [0.15, 0.2) is 36.5 Å². The second-order valence-corrected chi connectivity index (χ2v) is 5.73. The van der Waals surface area contributed by atoms with Crippen LogP contribution >= 0.6 is 11.6 Å². The molecular formula is C17H23ClN2O. The summed E-state index contributed by atoms with van der Waals surface area (Å²) in [4.78, 5) is 0. The van der Waals surface area contributed by atoms with E-state index in [0.717, 1.165) is 18.4 Å². The Morgan fingerprint density at radius 3 is 2.33 bits per heavy atom. The molecule has 0 saturated heterocycles. The number of aromatic nitrogens is 2. The SMILES string of the molecule is CCn1ncc(Cl)c1C(O)C(CC)(CC)c1ccccc1. The second-order valence-electron chi connectivity index (χ2n) is 5.33. The van der Waals surface area contributed by atoms with Crippen molar-refractivity contribution in [1.82, 2.24) is 9.78 Å². The van der Waals surface area contributed by atoms with Gasteiger partial charge in [0.1, 0.15) is 6.10 Å². The molecule has 1 aromatic carbocycles. The van der Waals surface area contributed by atoms with Gasteiger partial charge < -0.3 is 5.11 Å². The molecule has 0 saturated carbocycles. The molecule has 1 heterocycles. The van der Waals surface area contributed by atoms with Gasteiger partial charge in [-0.3, -0.25) is 4.68 Å². The zero-order valence-electron chi connectivity index (χ0n) is 12.9. The molecule has 0 radical (unpaired) electrons. The van der Waals surface area contributed by atoms with Gasteiger partial charge in [0, 0.05) is 12.0 Å². The van der Waals surface area contributed by atoms with Gasteiger partial charge in [0.05, 0.1) is 16.9 Å². The van der Waals surface area contributed by atoms with Crippen LogP contribution in [0.5, 0.6) is 0 Å². The maximum atomic E-state index is 11.1. The maximum absolute atomic E-state index is 11.1. The van der Waals surface area contributed by atoms with E-state index in [2.05, 4.69) is 31.1 Å². The van der Waals surface area contributed by atoms with Crippen molar-refractivity contribution >= 4 is 11.6 Å². The molecule has 21 heavy (non-hydrogen) atoms. The first kappa shape index (κ1) is 16.1. The summed E-state index contributed by atoms with van der Waals surface area (Å²) in [6.45, 7) is 6.92. The molecule has 0 fully saturated rings. The van der Waals surface area contributed by atoms with Crippen LogP contribution in [0.3, 0.4) is 0 Å². The largest absolute Gasteiger partial charge is 0.386 e. The zero-order chi connectivity index (χ0) is 15.5. The summed E-state index contributed by atoms with van der Waals surface area (Å²) in [5, 5.41) is 15.9. The molecule has 0 aliphatic rings. The molecule has 4 heteroatoms. The molecule has 0 bridgehead atoms. The van der Waals surface area contributed by atoms with Gasteiger partial charge in [0.2, 0.25) is 0 Å². The first-order chi connectivity index (χ1) is 10.1. The fourth-order valence-electron chi connectivity index (χ4n) is 3.13. The van der Waals surface area contributed by atoms with Gasteiger partial charge >= 0.3 is 0 Å². The normalized spacial score (nSPS) is 13.4. The molecule has 0 aliphatic heterocycles. The fraction of sp³-hybridized carbons (Fsp3) is 0.471. The van der Waals surface area contributed by atoms with E-state index in [1.165, 1.54) is 0 Å². The van der Waals surface area contributed by atoms with Crippen LogP contribution in [0.2, 0.25) is 5.02 Å². The Bertz CT molecular complexity index is 576. The van der Waals surface area contributed by atoms with E-state index in [-0.39, 0.29) is 5.41 Å². The van der Waals surface area contributed by atoms with Crippen molar-refractivity contribution in [2.75, 3.05) is 0 Å². The Kier molecular flexibility index (Phi) is 5.07. The first-order valence-corrected chi connectivity index (χ1v) is 7.93. The minimum Gasteiger partial charge on any atom is -0.386 e. The average Bonchev–Trinajstić information content (AvgIpc) is 2.90. The summed E-state index contributed by atoms with van der Waals surface area (Å²) in [6, 6.07) is 10.2. The van der Waals surface area contributed by atoms with E-state index in [1.807, 2.05) is 25.1 Å². The first-order valence-electron chi connectivity index (χ1n) is 7.55. The number of halogens is 1. The lowest BCUT2D eigenvalue weighted by Gasteiger charge is -2.37. The van der Waals surface area contributed by atoms with Gasteiger partial charge in [-0.1, -0.05) is 55.8 Å². The number of hydrogen-bond donors (Lipinski definition) is 1. The molecule has 1 aromatic heterocycles. The molecule has 0 aliphatic carbocycles. The third kappa shape index (κ3) is 2.72. The molecular weight excluding hydrogens is 284 g/mol. The third-order valence-electron chi connectivity index (χ3n) is 4.53. The second kappa shape index (κ2) is 6.63. The fourth-order valence-corrected chi connectivity index (χ4v) is 3.37. The molecule has 114 valence electrons. The molecule has 2 aromatic rings. The van der Waals surface area contributed by atoms with E-state index in [1.54, 1.807) is 10.9 Å². The number of aliphatic hydroxyl groups excluding tert-OH is 1. The highest BCUT2D eigenvalue weighted by molar-refractivity contribution is 6.31. The van der Waals surface area contributed by atoms with E-state index in [0.29, 0.717) is 17.3 Å². The molecule has 0 amide bonds. The van der Waals surface area contributed by atoms with Gasteiger partial charge in [0.25, 0.3) is 0 Å². The summed E-state index contributed by atoms with van der Waals surface area (Å²) < 4.78 is 1.79. The van der Waals surface area contributed by atoms with Crippen LogP contribution in [0.4, 0.5) is 0 Å². The topological polar surface area (TPSA) is 38.0 Å². The number of hydrogen-bond acceptors (Lipinski definition) is 2. The highest BCUT2D eigenvalue weighted by Crippen LogP contribution is 2.44. The molecule has 1 N–H and O–H groups in total. The molecule has 3 nitrogen and oxygen atoms in total. The van der Waals surface area contributed by atoms with Crippen molar-refractivity contribution in [2.45, 2.75) is 51.7 Å².